The predicted octanol–water partition coefficient (Wildman–Crippen LogP) is 4.92. The molecule has 0 saturated carbocycles. The van der Waals surface area contributed by atoms with Crippen LogP contribution >= 0.6 is 46.0 Å². The number of carbonyl (C=O) groups is 2. The predicted molar refractivity (Wildman–Crippen MR) is 120 cm³/mol. The van der Waals surface area contributed by atoms with Crippen LogP contribution in [0.15, 0.2) is 53.5 Å². The topological polar surface area (TPSA) is 61.8 Å². The van der Waals surface area contributed by atoms with Crippen LogP contribution in [-0.4, -0.2) is 33.7 Å². The minimum absolute atomic E-state index is 0.100. The van der Waals surface area contributed by atoms with Gasteiger partial charge in [0, 0.05) is 27.2 Å². The van der Waals surface area contributed by atoms with Crippen LogP contribution in [0.1, 0.15) is 13.3 Å². The summed E-state index contributed by atoms with van der Waals surface area (Å²) in [6.45, 7) is 2.41. The Morgan fingerprint density at radius 1 is 1.26 bits per heavy atom. The fourth-order valence-corrected chi connectivity index (χ4v) is 4.18. The molecule has 1 aliphatic rings. The lowest BCUT2D eigenvalue weighted by Crippen LogP contribution is -2.45. The Bertz CT molecular complexity index is 872. The number of nitrogens with one attached hydrogen (secondary N) is 1. The second-order valence-corrected chi connectivity index (χ2v) is 8.67. The Kier molecular flexibility index (Phi) is 6.78. The van der Waals surface area contributed by atoms with Crippen molar-refractivity contribution in [1.82, 2.24) is 4.90 Å². The highest BCUT2D eigenvalue weighted by Gasteiger charge is 2.35. The summed E-state index contributed by atoms with van der Waals surface area (Å²) in [6.07, 6.45) is 0.142. The summed E-state index contributed by atoms with van der Waals surface area (Å²) in [5, 5.41) is 3.46. The van der Waals surface area contributed by atoms with E-state index in [1.165, 1.54) is 11.8 Å². The average molecular weight is 514 g/mol. The SMILES string of the molecule is CCN1C(=O)CC(C(=O)Nc2ccc(Cl)cc2)SC1=Nc1ccc(I)cc1. The molecule has 3 rings (SSSR count). The van der Waals surface area contributed by atoms with Gasteiger partial charge in [-0.1, -0.05) is 23.4 Å². The quantitative estimate of drug-likeness (QED) is 0.590. The Morgan fingerprint density at radius 2 is 1.93 bits per heavy atom. The lowest BCUT2D eigenvalue weighted by atomic mass is 10.2. The van der Waals surface area contributed by atoms with Gasteiger partial charge < -0.3 is 5.32 Å². The van der Waals surface area contributed by atoms with Crippen molar-refractivity contribution in [3.05, 3.63) is 57.1 Å². The Morgan fingerprint density at radius 3 is 2.56 bits per heavy atom. The van der Waals surface area contributed by atoms with Crippen LogP contribution in [0.3, 0.4) is 0 Å². The average Bonchev–Trinajstić information content (AvgIpc) is 2.65. The van der Waals surface area contributed by atoms with Gasteiger partial charge in [0.1, 0.15) is 5.25 Å². The van der Waals surface area contributed by atoms with E-state index >= 15 is 0 Å². The molecule has 5 nitrogen and oxygen atoms in total. The maximum absolute atomic E-state index is 12.6. The summed E-state index contributed by atoms with van der Waals surface area (Å²) >= 11 is 9.41. The maximum Gasteiger partial charge on any atom is 0.238 e. The van der Waals surface area contributed by atoms with Gasteiger partial charge in [-0.2, -0.15) is 0 Å². The summed E-state index contributed by atoms with van der Waals surface area (Å²) < 4.78 is 1.11. The van der Waals surface area contributed by atoms with Crippen LogP contribution < -0.4 is 5.32 Å². The Labute approximate surface area is 180 Å². The minimum Gasteiger partial charge on any atom is -0.325 e. The molecule has 1 N–H and O–H groups in total. The van der Waals surface area contributed by atoms with Gasteiger partial charge in [-0.25, -0.2) is 4.99 Å². The van der Waals surface area contributed by atoms with E-state index in [9.17, 15) is 9.59 Å². The molecular weight excluding hydrogens is 497 g/mol. The number of rotatable bonds is 4. The third kappa shape index (κ3) is 5.24. The van der Waals surface area contributed by atoms with E-state index in [0.717, 1.165) is 9.26 Å². The lowest BCUT2D eigenvalue weighted by Gasteiger charge is -2.30. The van der Waals surface area contributed by atoms with Crippen molar-refractivity contribution in [2.45, 2.75) is 18.6 Å². The molecule has 8 heteroatoms. The monoisotopic (exact) mass is 513 g/mol. The molecule has 27 heavy (non-hydrogen) atoms. The first kappa shape index (κ1) is 20.2. The van der Waals surface area contributed by atoms with Crippen LogP contribution in [-0.2, 0) is 9.59 Å². The number of benzene rings is 2. The molecule has 1 fully saturated rings. The number of halogens is 2. The first-order chi connectivity index (χ1) is 13.0. The fraction of sp³-hybridized carbons (Fsp3) is 0.211. The fourth-order valence-electron chi connectivity index (χ4n) is 2.53. The molecule has 1 unspecified atom stereocenters. The van der Waals surface area contributed by atoms with Crippen molar-refractivity contribution < 1.29 is 9.59 Å². The molecule has 0 radical (unpaired) electrons. The number of anilines is 1. The largest absolute Gasteiger partial charge is 0.325 e. The number of nitrogens with zero attached hydrogens (tertiary/aromatic N) is 2. The summed E-state index contributed by atoms with van der Waals surface area (Å²) in [5.74, 6) is -0.321. The molecular formula is C19H17ClIN3O2S. The highest BCUT2D eigenvalue weighted by molar-refractivity contribution is 14.1. The van der Waals surface area contributed by atoms with Crippen molar-refractivity contribution in [3.8, 4) is 0 Å². The highest BCUT2D eigenvalue weighted by Crippen LogP contribution is 2.30. The lowest BCUT2D eigenvalue weighted by molar-refractivity contribution is -0.129. The summed E-state index contributed by atoms with van der Waals surface area (Å²) in [5.41, 5.74) is 1.40. The maximum atomic E-state index is 12.6. The number of thioether (sulfide) groups is 1. The molecule has 0 spiro atoms. The van der Waals surface area contributed by atoms with E-state index in [0.29, 0.717) is 22.4 Å². The molecule has 1 atom stereocenters. The van der Waals surface area contributed by atoms with Crippen LogP contribution in [0.4, 0.5) is 11.4 Å². The smallest absolute Gasteiger partial charge is 0.238 e. The van der Waals surface area contributed by atoms with Gasteiger partial charge in [-0.15, -0.1) is 0 Å². The van der Waals surface area contributed by atoms with Crippen molar-refractivity contribution in [3.63, 3.8) is 0 Å². The first-order valence-electron chi connectivity index (χ1n) is 8.34. The summed E-state index contributed by atoms with van der Waals surface area (Å²) in [7, 11) is 0. The number of hydrogen-bond donors (Lipinski definition) is 1. The first-order valence-corrected chi connectivity index (χ1v) is 10.7. The third-order valence-corrected chi connectivity index (χ3v) is 6.07. The van der Waals surface area contributed by atoms with Gasteiger partial charge in [0.15, 0.2) is 5.17 Å². The summed E-state index contributed by atoms with van der Waals surface area (Å²) in [6, 6.07) is 14.6. The normalized spacial score (nSPS) is 18.6. The van der Waals surface area contributed by atoms with Gasteiger partial charge in [0.05, 0.1) is 5.69 Å². The van der Waals surface area contributed by atoms with Crippen molar-refractivity contribution in [2.24, 2.45) is 4.99 Å². The van der Waals surface area contributed by atoms with Crippen molar-refractivity contribution in [1.29, 1.82) is 0 Å². The number of carbonyl (C=O) groups excluding carboxylic acids is 2. The molecule has 0 aromatic heterocycles. The van der Waals surface area contributed by atoms with Crippen LogP contribution in [0.25, 0.3) is 0 Å². The van der Waals surface area contributed by atoms with Crippen molar-refractivity contribution in [2.75, 3.05) is 11.9 Å². The summed E-state index contributed by atoms with van der Waals surface area (Å²) in [4.78, 5) is 31.4. The van der Waals surface area contributed by atoms with E-state index < -0.39 is 5.25 Å². The van der Waals surface area contributed by atoms with Gasteiger partial charge in [-0.3, -0.25) is 14.5 Å². The molecule has 1 aliphatic heterocycles. The van der Waals surface area contributed by atoms with Gasteiger partial charge in [-0.05, 0) is 78.0 Å². The second-order valence-electron chi connectivity index (χ2n) is 5.82. The second kappa shape index (κ2) is 9.07. The highest BCUT2D eigenvalue weighted by atomic mass is 127. The number of amidine groups is 1. The zero-order valence-electron chi connectivity index (χ0n) is 14.5. The van der Waals surface area contributed by atoms with E-state index in [-0.39, 0.29) is 18.2 Å². The zero-order valence-corrected chi connectivity index (χ0v) is 18.2. The van der Waals surface area contributed by atoms with Crippen LogP contribution in [0.2, 0.25) is 5.02 Å². The van der Waals surface area contributed by atoms with Gasteiger partial charge in [0.25, 0.3) is 0 Å². The minimum atomic E-state index is -0.529. The molecule has 1 heterocycles. The van der Waals surface area contributed by atoms with Crippen LogP contribution in [0, 0.1) is 3.57 Å². The molecule has 0 bridgehead atoms. The molecule has 2 aromatic carbocycles. The van der Waals surface area contributed by atoms with Gasteiger partial charge >= 0.3 is 0 Å². The Hall–Kier alpha value is -1.58. The van der Waals surface area contributed by atoms with E-state index in [1.807, 2.05) is 31.2 Å². The molecule has 2 amide bonds. The van der Waals surface area contributed by atoms with E-state index in [4.69, 9.17) is 11.6 Å². The Balaban J connectivity index is 1.79. The number of aliphatic imine (C=N–C) groups is 1. The van der Waals surface area contributed by atoms with Crippen molar-refractivity contribution >= 4 is 74.3 Å². The number of hydrogen-bond acceptors (Lipinski definition) is 4. The standard InChI is InChI=1S/C19H17ClIN3O2S/c1-2-24-17(25)11-16(18(26)22-14-7-3-12(20)4-8-14)27-19(24)23-15-9-5-13(21)6-10-15/h3-10,16H,2,11H2,1H3,(H,22,26). The van der Waals surface area contributed by atoms with E-state index in [1.54, 1.807) is 29.2 Å². The molecule has 2 aromatic rings. The molecule has 140 valence electrons. The zero-order chi connectivity index (χ0) is 19.4. The third-order valence-electron chi connectivity index (χ3n) is 3.91. The number of amides is 2. The van der Waals surface area contributed by atoms with Gasteiger partial charge in [0.2, 0.25) is 11.8 Å². The van der Waals surface area contributed by atoms with Crippen LogP contribution in [0.5, 0.6) is 0 Å². The van der Waals surface area contributed by atoms with E-state index in [2.05, 4.69) is 32.9 Å². The molecule has 0 aliphatic carbocycles. The molecule has 1 saturated heterocycles.